The van der Waals surface area contributed by atoms with E-state index in [9.17, 15) is 4.79 Å². The van der Waals surface area contributed by atoms with E-state index in [1.807, 2.05) is 41.8 Å². The molecule has 1 atom stereocenters. The van der Waals surface area contributed by atoms with Crippen molar-refractivity contribution in [2.75, 3.05) is 6.61 Å². The van der Waals surface area contributed by atoms with Crippen LogP contribution in [0.4, 0.5) is 0 Å². The fourth-order valence-electron chi connectivity index (χ4n) is 2.37. The SMILES string of the molecule is C=C(N)[C@H](C#N)C(=O)COc1ncnc2scc(-c3ccccc3)c12. The van der Waals surface area contributed by atoms with E-state index >= 15 is 0 Å². The lowest BCUT2D eigenvalue weighted by Crippen LogP contribution is -2.25. The Kier molecular flexibility index (Phi) is 4.73. The van der Waals surface area contributed by atoms with Crippen molar-refractivity contribution >= 4 is 27.3 Å². The highest BCUT2D eigenvalue weighted by molar-refractivity contribution is 7.17. The molecule has 0 radical (unpaired) electrons. The number of nitriles is 1. The predicted octanol–water partition coefficient (Wildman–Crippen LogP) is 2.92. The van der Waals surface area contributed by atoms with Gasteiger partial charge >= 0.3 is 0 Å². The molecule has 3 aromatic rings. The Morgan fingerprint density at radius 3 is 2.80 bits per heavy atom. The van der Waals surface area contributed by atoms with Gasteiger partial charge in [-0.15, -0.1) is 11.3 Å². The van der Waals surface area contributed by atoms with Crippen LogP contribution in [-0.2, 0) is 4.79 Å². The van der Waals surface area contributed by atoms with Crippen molar-refractivity contribution in [1.29, 1.82) is 5.26 Å². The number of benzene rings is 1. The summed E-state index contributed by atoms with van der Waals surface area (Å²) >= 11 is 1.47. The molecule has 1 aromatic carbocycles. The van der Waals surface area contributed by atoms with E-state index < -0.39 is 11.7 Å². The van der Waals surface area contributed by atoms with Crippen LogP contribution in [0.1, 0.15) is 0 Å². The first-order valence-electron chi connectivity index (χ1n) is 7.39. The van der Waals surface area contributed by atoms with Crippen LogP contribution in [0.3, 0.4) is 0 Å². The minimum Gasteiger partial charge on any atom is -0.469 e. The van der Waals surface area contributed by atoms with Gasteiger partial charge in [-0.25, -0.2) is 9.97 Å². The van der Waals surface area contributed by atoms with Crippen molar-refractivity contribution in [3.63, 3.8) is 0 Å². The van der Waals surface area contributed by atoms with Gasteiger partial charge in [0.2, 0.25) is 5.88 Å². The maximum Gasteiger partial charge on any atom is 0.226 e. The molecule has 0 saturated heterocycles. The number of thiophene rings is 1. The van der Waals surface area contributed by atoms with Crippen LogP contribution in [0, 0.1) is 17.2 Å². The summed E-state index contributed by atoms with van der Waals surface area (Å²) in [4.78, 5) is 21.3. The molecule has 0 spiro atoms. The first-order valence-corrected chi connectivity index (χ1v) is 8.26. The van der Waals surface area contributed by atoms with Gasteiger partial charge in [0.05, 0.1) is 11.5 Å². The Balaban J connectivity index is 1.92. The number of hydrogen-bond acceptors (Lipinski definition) is 7. The second kappa shape index (κ2) is 7.11. The predicted molar refractivity (Wildman–Crippen MR) is 95.8 cm³/mol. The molecule has 2 aromatic heterocycles. The molecule has 0 fully saturated rings. The average molecular weight is 350 g/mol. The Bertz CT molecular complexity index is 976. The molecule has 0 aliphatic carbocycles. The lowest BCUT2D eigenvalue weighted by Gasteiger charge is -2.10. The molecular formula is C18H14N4O2S. The second-order valence-corrected chi connectivity index (χ2v) is 6.12. The van der Waals surface area contributed by atoms with E-state index in [1.165, 1.54) is 17.7 Å². The summed E-state index contributed by atoms with van der Waals surface area (Å²) in [7, 11) is 0. The van der Waals surface area contributed by atoms with Crippen molar-refractivity contribution < 1.29 is 9.53 Å². The summed E-state index contributed by atoms with van der Waals surface area (Å²) in [6.07, 6.45) is 1.39. The van der Waals surface area contributed by atoms with Crippen molar-refractivity contribution in [2.24, 2.45) is 11.7 Å². The number of ether oxygens (including phenoxy) is 1. The summed E-state index contributed by atoms with van der Waals surface area (Å²) in [6.45, 7) is 3.14. The lowest BCUT2D eigenvalue weighted by molar-refractivity contribution is -0.122. The van der Waals surface area contributed by atoms with Gasteiger partial charge < -0.3 is 10.5 Å². The summed E-state index contributed by atoms with van der Waals surface area (Å²) < 4.78 is 5.59. The van der Waals surface area contributed by atoms with E-state index in [-0.39, 0.29) is 12.3 Å². The monoisotopic (exact) mass is 350 g/mol. The summed E-state index contributed by atoms with van der Waals surface area (Å²) in [6, 6.07) is 11.6. The van der Waals surface area contributed by atoms with E-state index in [2.05, 4.69) is 16.5 Å². The number of allylic oxidation sites excluding steroid dienone is 1. The highest BCUT2D eigenvalue weighted by Gasteiger charge is 2.21. The van der Waals surface area contributed by atoms with Crippen LogP contribution in [-0.4, -0.2) is 22.4 Å². The summed E-state index contributed by atoms with van der Waals surface area (Å²) in [5, 5.41) is 11.7. The number of Topliss-reactive ketones (excluding diaryl/α,β-unsaturated/α-hetero) is 1. The van der Waals surface area contributed by atoms with Crippen molar-refractivity contribution in [3.05, 3.63) is 54.3 Å². The third kappa shape index (κ3) is 3.34. The zero-order valence-electron chi connectivity index (χ0n) is 13.2. The number of nitrogens with zero attached hydrogens (tertiary/aromatic N) is 3. The minimum atomic E-state index is -1.09. The molecular weight excluding hydrogens is 336 g/mol. The fraction of sp³-hybridized carbons (Fsp3) is 0.111. The number of fused-ring (bicyclic) bond motifs is 1. The molecule has 3 rings (SSSR count). The van der Waals surface area contributed by atoms with E-state index in [1.54, 1.807) is 0 Å². The summed E-state index contributed by atoms with van der Waals surface area (Å²) in [5.74, 6) is -1.25. The lowest BCUT2D eigenvalue weighted by atomic mass is 10.0. The van der Waals surface area contributed by atoms with Crippen LogP contribution in [0.15, 0.2) is 54.3 Å². The molecule has 124 valence electrons. The van der Waals surface area contributed by atoms with Crippen molar-refractivity contribution in [2.45, 2.75) is 0 Å². The molecule has 25 heavy (non-hydrogen) atoms. The van der Waals surface area contributed by atoms with Crippen LogP contribution >= 0.6 is 11.3 Å². The molecule has 2 heterocycles. The average Bonchev–Trinajstić information content (AvgIpc) is 3.05. The first kappa shape index (κ1) is 16.6. The highest BCUT2D eigenvalue weighted by atomic mass is 32.1. The first-order chi connectivity index (χ1) is 12.1. The minimum absolute atomic E-state index is 0.00411. The van der Waals surface area contributed by atoms with Crippen LogP contribution < -0.4 is 10.5 Å². The zero-order valence-corrected chi connectivity index (χ0v) is 14.0. The zero-order chi connectivity index (χ0) is 17.8. The molecule has 2 N–H and O–H groups in total. The number of rotatable bonds is 6. The van der Waals surface area contributed by atoms with E-state index in [4.69, 9.17) is 15.7 Å². The number of hydrogen-bond donors (Lipinski definition) is 1. The number of nitrogens with two attached hydrogens (primary N) is 1. The Hall–Kier alpha value is -3.24. The van der Waals surface area contributed by atoms with E-state index in [0.717, 1.165) is 21.3 Å². The van der Waals surface area contributed by atoms with Crippen LogP contribution in [0.5, 0.6) is 5.88 Å². The molecule has 0 aliphatic rings. The highest BCUT2D eigenvalue weighted by Crippen LogP contribution is 2.37. The number of ketones is 1. The smallest absolute Gasteiger partial charge is 0.226 e. The quantitative estimate of drug-likeness (QED) is 0.733. The molecule has 0 unspecified atom stereocenters. The van der Waals surface area contributed by atoms with Gasteiger partial charge in [0, 0.05) is 16.6 Å². The largest absolute Gasteiger partial charge is 0.469 e. The normalized spacial score (nSPS) is 11.6. The van der Waals surface area contributed by atoms with Crippen LogP contribution in [0.2, 0.25) is 0 Å². The number of carbonyl (C=O) groups excluding carboxylic acids is 1. The van der Waals surface area contributed by atoms with Gasteiger partial charge in [-0.3, -0.25) is 4.79 Å². The van der Waals surface area contributed by atoms with Gasteiger partial charge in [-0.05, 0) is 5.56 Å². The van der Waals surface area contributed by atoms with Gasteiger partial charge in [-0.1, -0.05) is 36.9 Å². The van der Waals surface area contributed by atoms with Gasteiger partial charge in [0.25, 0.3) is 0 Å². The van der Waals surface area contributed by atoms with Crippen LogP contribution in [0.25, 0.3) is 21.3 Å². The fourth-order valence-corrected chi connectivity index (χ4v) is 3.28. The van der Waals surface area contributed by atoms with E-state index in [0.29, 0.717) is 5.88 Å². The molecule has 6 nitrogen and oxygen atoms in total. The second-order valence-electron chi connectivity index (χ2n) is 5.27. The number of carbonyl (C=O) groups is 1. The molecule has 0 saturated carbocycles. The third-order valence-corrected chi connectivity index (χ3v) is 4.48. The Labute approximate surface area is 148 Å². The van der Waals surface area contributed by atoms with Gasteiger partial charge in [0.15, 0.2) is 5.78 Å². The topological polar surface area (TPSA) is 102 Å². The summed E-state index contributed by atoms with van der Waals surface area (Å²) in [5.41, 5.74) is 7.42. The Morgan fingerprint density at radius 2 is 2.12 bits per heavy atom. The van der Waals surface area contributed by atoms with Crippen molar-refractivity contribution in [3.8, 4) is 23.1 Å². The third-order valence-electron chi connectivity index (χ3n) is 3.59. The Morgan fingerprint density at radius 1 is 1.36 bits per heavy atom. The molecule has 0 aliphatic heterocycles. The number of aromatic nitrogens is 2. The molecule has 0 amide bonds. The molecule has 0 bridgehead atoms. The molecule has 7 heteroatoms. The van der Waals surface area contributed by atoms with Crippen molar-refractivity contribution in [1.82, 2.24) is 9.97 Å². The van der Waals surface area contributed by atoms with Gasteiger partial charge in [0.1, 0.15) is 23.7 Å². The standard InChI is InChI=1S/C18H14N4O2S/c1-11(20)13(7-19)15(23)8-24-17-16-14(12-5-3-2-4-6-12)9-25-18(16)22-10-21-17/h2-6,9-10,13H,1,8,20H2/t13-/m0/s1. The maximum atomic E-state index is 12.1. The van der Waals surface area contributed by atoms with Gasteiger partial charge in [-0.2, -0.15) is 5.26 Å². The maximum absolute atomic E-state index is 12.1.